The van der Waals surface area contributed by atoms with E-state index in [0.29, 0.717) is 0 Å². The van der Waals surface area contributed by atoms with Crippen LogP contribution in [0.25, 0.3) is 43.9 Å². The Balaban J connectivity index is 0.000000143. The van der Waals surface area contributed by atoms with Crippen LogP contribution in [0.15, 0.2) is 79.3 Å². The van der Waals surface area contributed by atoms with Crippen LogP contribution < -0.4 is 10.6 Å². The lowest BCUT2D eigenvalue weighted by atomic mass is 10.2. The Bertz CT molecular complexity index is 2260. The fraction of sp³-hybridized carbons (Fsp3) is 0.182. The van der Waals surface area contributed by atoms with E-state index < -0.39 is 0 Å². The Morgan fingerprint density at radius 1 is 0.705 bits per heavy atom. The van der Waals surface area contributed by atoms with E-state index >= 15 is 0 Å². The van der Waals surface area contributed by atoms with Crippen LogP contribution in [0, 0.1) is 13.8 Å². The third kappa shape index (κ3) is 4.87. The van der Waals surface area contributed by atoms with E-state index in [9.17, 15) is 0 Å². The molecule has 220 valence electrons. The topological polar surface area (TPSA) is 130 Å². The summed E-state index contributed by atoms with van der Waals surface area (Å²) in [5.74, 6) is 1.62. The Kier molecular flexibility index (Phi) is 6.69. The van der Waals surface area contributed by atoms with Crippen molar-refractivity contribution in [1.29, 1.82) is 0 Å². The molecule has 8 rings (SSSR count). The maximum absolute atomic E-state index is 4.58. The fourth-order valence-electron chi connectivity index (χ4n) is 5.51. The van der Waals surface area contributed by atoms with Gasteiger partial charge in [-0.2, -0.15) is 15.3 Å². The number of aromatic amines is 2. The summed E-state index contributed by atoms with van der Waals surface area (Å²) in [7, 11) is 2.01. The number of pyridine rings is 2. The number of nitrogens with zero attached hydrogens (tertiary/aromatic N) is 7. The van der Waals surface area contributed by atoms with Crippen LogP contribution in [0.5, 0.6) is 0 Å². The highest BCUT2D eigenvalue weighted by Crippen LogP contribution is 2.28. The molecule has 0 saturated carbocycles. The number of aromatic nitrogens is 9. The average Bonchev–Trinajstić information content (AvgIpc) is 3.78. The van der Waals surface area contributed by atoms with Crippen molar-refractivity contribution in [1.82, 2.24) is 44.7 Å². The average molecular weight is 584 g/mol. The second kappa shape index (κ2) is 10.8. The minimum absolute atomic E-state index is 0.285. The molecule has 0 atom stereocenters. The number of aryl methyl sites for hydroxylation is 3. The Labute approximate surface area is 253 Å². The van der Waals surface area contributed by atoms with E-state index in [1.807, 2.05) is 84.1 Å². The molecule has 0 amide bonds. The van der Waals surface area contributed by atoms with Crippen LogP contribution in [0.3, 0.4) is 0 Å². The van der Waals surface area contributed by atoms with Crippen molar-refractivity contribution in [3.05, 3.63) is 90.5 Å². The first kappa shape index (κ1) is 27.1. The lowest BCUT2D eigenvalue weighted by Gasteiger charge is -2.07. The number of benzene rings is 2. The molecule has 0 radical (unpaired) electrons. The zero-order valence-electron chi connectivity index (χ0n) is 25.2. The molecule has 0 unspecified atom stereocenters. The van der Waals surface area contributed by atoms with Gasteiger partial charge in [-0.25, -0.2) is 14.6 Å². The van der Waals surface area contributed by atoms with Crippen LogP contribution >= 0.6 is 0 Å². The van der Waals surface area contributed by atoms with E-state index in [-0.39, 0.29) is 6.04 Å². The van der Waals surface area contributed by atoms with Crippen molar-refractivity contribution in [2.24, 2.45) is 7.05 Å². The summed E-state index contributed by atoms with van der Waals surface area (Å²) in [5.41, 5.74) is 7.97. The first-order valence-corrected chi connectivity index (χ1v) is 14.5. The van der Waals surface area contributed by atoms with E-state index in [2.05, 4.69) is 85.2 Å². The SMILES string of the molecule is Cc1cn(C)c2ncc(Nc3n[nH]c4ccccc34)cc12.Cc1nn(C(C)C)c2ncc(Nc3n[nH]c4ccccc34)cc12. The molecule has 0 saturated heterocycles. The molecule has 11 nitrogen and oxygen atoms in total. The van der Waals surface area contributed by atoms with Crippen molar-refractivity contribution in [3.63, 3.8) is 0 Å². The Morgan fingerprint density at radius 2 is 1.25 bits per heavy atom. The minimum Gasteiger partial charge on any atom is -0.337 e. The van der Waals surface area contributed by atoms with Gasteiger partial charge in [0, 0.05) is 40.8 Å². The van der Waals surface area contributed by atoms with E-state index in [1.54, 1.807) is 0 Å². The molecule has 2 aromatic carbocycles. The summed E-state index contributed by atoms with van der Waals surface area (Å²) in [6, 6.07) is 20.6. The summed E-state index contributed by atoms with van der Waals surface area (Å²) in [5, 5.41) is 30.3. The number of anilines is 4. The number of fused-ring (bicyclic) bond motifs is 4. The van der Waals surface area contributed by atoms with E-state index in [1.165, 1.54) is 5.56 Å². The van der Waals surface area contributed by atoms with Crippen molar-refractivity contribution in [2.45, 2.75) is 33.7 Å². The zero-order valence-corrected chi connectivity index (χ0v) is 25.2. The van der Waals surface area contributed by atoms with Gasteiger partial charge in [-0.15, -0.1) is 0 Å². The smallest absolute Gasteiger partial charge is 0.160 e. The maximum atomic E-state index is 4.58. The highest BCUT2D eigenvalue weighted by Gasteiger charge is 2.13. The summed E-state index contributed by atoms with van der Waals surface area (Å²) in [6.07, 6.45) is 5.75. The third-order valence-electron chi connectivity index (χ3n) is 7.70. The van der Waals surface area contributed by atoms with Crippen molar-refractivity contribution in [3.8, 4) is 0 Å². The van der Waals surface area contributed by atoms with Gasteiger partial charge in [-0.3, -0.25) is 10.2 Å². The number of nitrogens with one attached hydrogen (secondary N) is 4. The highest BCUT2D eigenvalue weighted by atomic mass is 15.3. The molecule has 0 fully saturated rings. The highest BCUT2D eigenvalue weighted by molar-refractivity contribution is 5.93. The standard InChI is InChI=1S/C17H18N6.C16H15N5/c1-10(2)23-17-14(11(3)22-23)8-12(9-18-17)19-16-13-6-4-5-7-15(13)20-21-16;1-10-9-21(2)16-13(10)7-11(8-17-16)18-15-12-5-3-4-6-14(12)19-20-15/h4-10H,1-3H3,(H2,19,20,21);3-9H,1-2H3,(H2,18,19,20). The van der Waals surface area contributed by atoms with Gasteiger partial charge in [-0.05, 0) is 69.7 Å². The molecule has 6 heterocycles. The third-order valence-corrected chi connectivity index (χ3v) is 7.70. The Morgan fingerprint density at radius 3 is 1.84 bits per heavy atom. The van der Waals surface area contributed by atoms with Crippen molar-refractivity contribution >= 4 is 66.9 Å². The summed E-state index contributed by atoms with van der Waals surface area (Å²) in [6.45, 7) is 8.32. The van der Waals surface area contributed by atoms with Gasteiger partial charge in [0.25, 0.3) is 0 Å². The number of para-hydroxylation sites is 2. The van der Waals surface area contributed by atoms with Gasteiger partial charge < -0.3 is 15.2 Å². The molecule has 44 heavy (non-hydrogen) atoms. The predicted molar refractivity (Wildman–Crippen MR) is 177 cm³/mol. The lowest BCUT2D eigenvalue weighted by molar-refractivity contribution is 0.542. The first-order chi connectivity index (χ1) is 21.4. The number of hydrogen-bond acceptors (Lipinski definition) is 7. The zero-order chi connectivity index (χ0) is 30.4. The van der Waals surface area contributed by atoms with Gasteiger partial charge >= 0.3 is 0 Å². The van der Waals surface area contributed by atoms with Gasteiger partial charge in [0.15, 0.2) is 17.3 Å². The van der Waals surface area contributed by atoms with Gasteiger partial charge in [-0.1, -0.05) is 24.3 Å². The van der Waals surface area contributed by atoms with Gasteiger partial charge in [0.1, 0.15) is 5.65 Å². The molecule has 0 spiro atoms. The van der Waals surface area contributed by atoms with Crippen LogP contribution in [0.1, 0.15) is 31.1 Å². The van der Waals surface area contributed by atoms with Crippen molar-refractivity contribution in [2.75, 3.05) is 10.6 Å². The molecular weight excluding hydrogens is 550 g/mol. The van der Waals surface area contributed by atoms with Crippen LogP contribution in [-0.2, 0) is 7.05 Å². The number of H-pyrrole nitrogens is 2. The molecule has 8 aromatic rings. The van der Waals surface area contributed by atoms with Gasteiger partial charge in [0.05, 0.1) is 40.5 Å². The van der Waals surface area contributed by atoms with E-state index in [0.717, 1.165) is 72.6 Å². The monoisotopic (exact) mass is 583 g/mol. The fourth-order valence-corrected chi connectivity index (χ4v) is 5.51. The molecule has 0 aliphatic heterocycles. The number of hydrogen-bond donors (Lipinski definition) is 4. The lowest BCUT2D eigenvalue weighted by Crippen LogP contribution is -2.03. The quantitative estimate of drug-likeness (QED) is 0.166. The summed E-state index contributed by atoms with van der Waals surface area (Å²) in [4.78, 5) is 9.11. The molecule has 11 heteroatoms. The van der Waals surface area contributed by atoms with Crippen LogP contribution in [0.2, 0.25) is 0 Å². The Hall–Kier alpha value is -5.71. The number of rotatable bonds is 5. The normalized spacial score (nSPS) is 11.5. The molecular formula is C33H33N11. The second-order valence-corrected chi connectivity index (χ2v) is 11.2. The van der Waals surface area contributed by atoms with Crippen LogP contribution in [-0.4, -0.2) is 44.7 Å². The van der Waals surface area contributed by atoms with Crippen molar-refractivity contribution < 1.29 is 0 Å². The van der Waals surface area contributed by atoms with E-state index in [4.69, 9.17) is 0 Å². The van der Waals surface area contributed by atoms with Gasteiger partial charge in [0.2, 0.25) is 0 Å². The predicted octanol–water partition coefficient (Wildman–Crippen LogP) is 7.44. The largest absolute Gasteiger partial charge is 0.337 e. The molecule has 0 aliphatic rings. The minimum atomic E-state index is 0.285. The maximum Gasteiger partial charge on any atom is 0.160 e. The molecule has 6 aromatic heterocycles. The summed E-state index contributed by atoms with van der Waals surface area (Å²) >= 11 is 0. The first-order valence-electron chi connectivity index (χ1n) is 14.5. The van der Waals surface area contributed by atoms with Crippen LogP contribution in [0.4, 0.5) is 23.0 Å². The molecule has 0 aliphatic carbocycles. The molecule has 0 bridgehead atoms. The summed E-state index contributed by atoms with van der Waals surface area (Å²) < 4.78 is 4.00. The molecule has 4 N–H and O–H groups in total. The second-order valence-electron chi connectivity index (χ2n) is 11.2.